The Kier molecular flexibility index (Phi) is 6.45. The lowest BCUT2D eigenvalue weighted by Crippen LogP contribution is -2.45. The van der Waals surface area contributed by atoms with E-state index in [9.17, 15) is 4.79 Å². The molecule has 5 heteroatoms. The summed E-state index contributed by atoms with van der Waals surface area (Å²) in [5.74, 6) is 0.233. The maximum Gasteiger partial charge on any atom is 0.241 e. The number of hydrogen-bond donors (Lipinski definition) is 1. The highest BCUT2D eigenvalue weighted by molar-refractivity contribution is 5.97. The van der Waals surface area contributed by atoms with Gasteiger partial charge < -0.3 is 10.2 Å². The van der Waals surface area contributed by atoms with Crippen molar-refractivity contribution in [3.8, 4) is 0 Å². The monoisotopic (exact) mass is 337 g/mol. The van der Waals surface area contributed by atoms with Crippen LogP contribution in [0, 0.1) is 0 Å². The minimum atomic E-state index is 0. The summed E-state index contributed by atoms with van der Waals surface area (Å²) in [6.45, 7) is 4.83. The van der Waals surface area contributed by atoms with Gasteiger partial charge in [0.1, 0.15) is 0 Å². The Bertz CT molecular complexity index is 529. The first-order valence-corrected chi connectivity index (χ1v) is 8.47. The molecule has 0 radical (unpaired) electrons. The molecule has 2 unspecified atom stereocenters. The maximum atomic E-state index is 12.8. The smallest absolute Gasteiger partial charge is 0.241 e. The molecule has 0 spiro atoms. The van der Waals surface area contributed by atoms with Gasteiger partial charge in [-0.3, -0.25) is 9.69 Å². The predicted molar refractivity (Wildman–Crippen MR) is 97.5 cm³/mol. The Labute approximate surface area is 145 Å². The van der Waals surface area contributed by atoms with Crippen LogP contribution in [0.1, 0.15) is 31.7 Å². The van der Waals surface area contributed by atoms with Crippen LogP contribution in [0.25, 0.3) is 0 Å². The van der Waals surface area contributed by atoms with Crippen LogP contribution in [-0.2, 0) is 11.2 Å². The third kappa shape index (κ3) is 4.06. The van der Waals surface area contributed by atoms with E-state index in [4.69, 9.17) is 0 Å². The summed E-state index contributed by atoms with van der Waals surface area (Å²) >= 11 is 0. The van der Waals surface area contributed by atoms with Gasteiger partial charge in [0.2, 0.25) is 5.91 Å². The molecule has 128 valence electrons. The van der Waals surface area contributed by atoms with Crippen LogP contribution in [0.3, 0.4) is 0 Å². The Balaban J connectivity index is 0.00000192. The van der Waals surface area contributed by atoms with Gasteiger partial charge in [0.25, 0.3) is 0 Å². The largest absolute Gasteiger partial charge is 0.317 e. The van der Waals surface area contributed by atoms with E-state index in [0.29, 0.717) is 12.6 Å². The van der Waals surface area contributed by atoms with Crippen LogP contribution in [0.5, 0.6) is 0 Å². The number of carbonyl (C=O) groups is 1. The average molecular weight is 338 g/mol. The second kappa shape index (κ2) is 8.13. The fourth-order valence-electron chi connectivity index (χ4n) is 3.81. The van der Waals surface area contributed by atoms with E-state index in [1.54, 1.807) is 0 Å². The lowest BCUT2D eigenvalue weighted by molar-refractivity contribution is -0.120. The third-order valence-corrected chi connectivity index (χ3v) is 5.03. The first-order chi connectivity index (χ1) is 10.7. The summed E-state index contributed by atoms with van der Waals surface area (Å²) in [6, 6.07) is 9.09. The number of carbonyl (C=O) groups excluding carboxylic acids is 1. The number of fused-ring (bicyclic) bond motifs is 1. The highest BCUT2D eigenvalue weighted by Gasteiger charge is 2.31. The Hall–Kier alpha value is -1.10. The lowest BCUT2D eigenvalue weighted by atomic mass is 10.1. The van der Waals surface area contributed by atoms with E-state index in [0.717, 1.165) is 31.6 Å². The fraction of sp³-hybridized carbons (Fsp3) is 0.611. The number of anilines is 1. The van der Waals surface area contributed by atoms with Crippen molar-refractivity contribution < 1.29 is 4.79 Å². The zero-order chi connectivity index (χ0) is 15.5. The van der Waals surface area contributed by atoms with Crippen molar-refractivity contribution in [1.29, 1.82) is 0 Å². The van der Waals surface area contributed by atoms with Crippen molar-refractivity contribution in [1.82, 2.24) is 10.2 Å². The molecule has 23 heavy (non-hydrogen) atoms. The van der Waals surface area contributed by atoms with Crippen LogP contribution in [0.15, 0.2) is 24.3 Å². The van der Waals surface area contributed by atoms with Crippen molar-refractivity contribution in [2.24, 2.45) is 0 Å². The Morgan fingerprint density at radius 1 is 1.30 bits per heavy atom. The summed E-state index contributed by atoms with van der Waals surface area (Å²) < 4.78 is 0. The highest BCUT2D eigenvalue weighted by Crippen LogP contribution is 2.32. The van der Waals surface area contributed by atoms with Crippen molar-refractivity contribution >= 4 is 24.0 Å². The van der Waals surface area contributed by atoms with Gasteiger partial charge in [-0.25, -0.2) is 0 Å². The lowest BCUT2D eigenvalue weighted by Gasteiger charge is -2.30. The van der Waals surface area contributed by atoms with Crippen molar-refractivity contribution in [2.75, 3.05) is 31.6 Å². The summed E-state index contributed by atoms with van der Waals surface area (Å²) in [7, 11) is 2.10. The van der Waals surface area contributed by atoms with Crippen LogP contribution in [0.2, 0.25) is 0 Å². The number of para-hydroxylation sites is 1. The second-order valence-corrected chi connectivity index (χ2v) is 6.70. The quantitative estimate of drug-likeness (QED) is 0.920. The Morgan fingerprint density at radius 3 is 2.91 bits per heavy atom. The van der Waals surface area contributed by atoms with Gasteiger partial charge >= 0.3 is 0 Å². The molecular weight excluding hydrogens is 310 g/mol. The number of nitrogens with zero attached hydrogens (tertiary/aromatic N) is 2. The summed E-state index contributed by atoms with van der Waals surface area (Å²) in [5.41, 5.74) is 2.40. The number of rotatable bonds is 3. The molecule has 2 aliphatic rings. The standard InChI is InChI=1S/C18H27N3O.ClH/c1-14-12-15-6-3-4-8-17(15)21(14)18(22)13-20(2)16-7-5-10-19-11-9-16;/h3-4,6,8,14,16,19H,5,7,9-13H2,1-2H3;1H. The zero-order valence-corrected chi connectivity index (χ0v) is 14.9. The fourth-order valence-corrected chi connectivity index (χ4v) is 3.81. The van der Waals surface area contributed by atoms with Gasteiger partial charge in [0, 0.05) is 17.8 Å². The number of benzene rings is 1. The number of likely N-dealkylation sites (N-methyl/N-ethyl adjacent to an activating group) is 1. The highest BCUT2D eigenvalue weighted by atomic mass is 35.5. The molecule has 2 aliphatic heterocycles. The molecule has 0 aliphatic carbocycles. The maximum absolute atomic E-state index is 12.8. The van der Waals surface area contributed by atoms with E-state index < -0.39 is 0 Å². The van der Waals surface area contributed by atoms with E-state index in [1.807, 2.05) is 11.0 Å². The number of nitrogens with one attached hydrogen (secondary N) is 1. The van der Waals surface area contributed by atoms with Gasteiger partial charge in [0.15, 0.2) is 0 Å². The van der Waals surface area contributed by atoms with Crippen LogP contribution >= 0.6 is 12.4 Å². The molecule has 1 amide bonds. The predicted octanol–water partition coefficient (Wildman–Crippen LogP) is 2.46. The van der Waals surface area contributed by atoms with Crippen molar-refractivity contribution in [2.45, 2.75) is 44.7 Å². The van der Waals surface area contributed by atoms with Gasteiger partial charge in [-0.15, -0.1) is 12.4 Å². The normalized spacial score (nSPS) is 24.0. The Morgan fingerprint density at radius 2 is 2.09 bits per heavy atom. The first-order valence-electron chi connectivity index (χ1n) is 8.47. The number of halogens is 1. The third-order valence-electron chi connectivity index (χ3n) is 5.03. The number of amides is 1. The molecule has 1 aromatic rings. The minimum absolute atomic E-state index is 0. The molecule has 0 saturated carbocycles. The molecule has 1 fully saturated rings. The molecule has 3 rings (SSSR count). The second-order valence-electron chi connectivity index (χ2n) is 6.70. The summed E-state index contributed by atoms with van der Waals surface area (Å²) in [6.07, 6.45) is 4.49. The first kappa shape index (κ1) is 18.2. The zero-order valence-electron chi connectivity index (χ0n) is 14.1. The topological polar surface area (TPSA) is 35.6 Å². The molecule has 1 saturated heterocycles. The van der Waals surface area contributed by atoms with E-state index in [-0.39, 0.29) is 24.4 Å². The van der Waals surface area contributed by atoms with Crippen molar-refractivity contribution in [3.63, 3.8) is 0 Å². The molecule has 2 heterocycles. The van der Waals surface area contributed by atoms with Crippen LogP contribution in [-0.4, -0.2) is 49.6 Å². The van der Waals surface area contributed by atoms with Gasteiger partial charge in [-0.2, -0.15) is 0 Å². The minimum Gasteiger partial charge on any atom is -0.317 e. The van der Waals surface area contributed by atoms with E-state index in [1.165, 1.54) is 18.4 Å². The van der Waals surface area contributed by atoms with Crippen LogP contribution in [0.4, 0.5) is 5.69 Å². The van der Waals surface area contributed by atoms with E-state index in [2.05, 4.69) is 42.4 Å². The molecular formula is C18H28ClN3O. The molecule has 4 nitrogen and oxygen atoms in total. The molecule has 1 aromatic carbocycles. The van der Waals surface area contributed by atoms with Gasteiger partial charge in [0.05, 0.1) is 6.54 Å². The average Bonchev–Trinajstić information content (AvgIpc) is 2.67. The molecule has 1 N–H and O–H groups in total. The number of hydrogen-bond acceptors (Lipinski definition) is 3. The van der Waals surface area contributed by atoms with Gasteiger partial charge in [-0.1, -0.05) is 18.2 Å². The van der Waals surface area contributed by atoms with Crippen molar-refractivity contribution in [3.05, 3.63) is 29.8 Å². The molecule has 0 bridgehead atoms. The van der Waals surface area contributed by atoms with E-state index >= 15 is 0 Å². The SMILES string of the molecule is CC1Cc2ccccc2N1C(=O)CN(C)C1CCCNCC1.Cl. The molecule has 0 aromatic heterocycles. The van der Waals surface area contributed by atoms with Gasteiger partial charge in [-0.05, 0) is 64.4 Å². The molecule has 2 atom stereocenters. The summed E-state index contributed by atoms with van der Waals surface area (Å²) in [4.78, 5) is 17.1. The summed E-state index contributed by atoms with van der Waals surface area (Å²) in [5, 5.41) is 3.44. The van der Waals surface area contributed by atoms with Crippen LogP contribution < -0.4 is 10.2 Å².